The Morgan fingerprint density at radius 1 is 1.19 bits per heavy atom. The number of nitrogens with one attached hydrogen (secondary N) is 1. The van der Waals surface area contributed by atoms with E-state index < -0.39 is 0 Å². The zero-order valence-corrected chi connectivity index (χ0v) is 10.3. The van der Waals surface area contributed by atoms with Gasteiger partial charge in [0.1, 0.15) is 5.75 Å². The van der Waals surface area contributed by atoms with Crippen LogP contribution >= 0.6 is 0 Å². The van der Waals surface area contributed by atoms with Gasteiger partial charge in [-0.15, -0.1) is 0 Å². The lowest BCUT2D eigenvalue weighted by Gasteiger charge is -2.29. The van der Waals surface area contributed by atoms with Crippen molar-refractivity contribution in [1.29, 1.82) is 0 Å². The monoisotopic (exact) mass is 219 g/mol. The molecule has 0 heterocycles. The lowest BCUT2D eigenvalue weighted by Crippen LogP contribution is -2.36. The van der Waals surface area contributed by atoms with E-state index in [0.29, 0.717) is 0 Å². The highest BCUT2D eigenvalue weighted by Gasteiger charge is 2.33. The molecule has 1 aliphatic rings. The topological polar surface area (TPSA) is 21.3 Å². The molecule has 0 atom stereocenters. The van der Waals surface area contributed by atoms with Gasteiger partial charge in [-0.25, -0.2) is 0 Å². The van der Waals surface area contributed by atoms with Crippen LogP contribution in [0.1, 0.15) is 38.2 Å². The van der Waals surface area contributed by atoms with E-state index >= 15 is 0 Å². The molecular formula is C14H21NO. The van der Waals surface area contributed by atoms with Gasteiger partial charge in [0.2, 0.25) is 0 Å². The standard InChI is InChI=1S/C14H21NO/c1-3-16-13-8-6-12(7-9-13)14(15-2)10-4-5-11-14/h6-9,15H,3-5,10-11H2,1-2H3. The molecule has 0 unspecified atom stereocenters. The van der Waals surface area contributed by atoms with Gasteiger partial charge < -0.3 is 10.1 Å². The Balaban J connectivity index is 2.19. The molecule has 1 aromatic carbocycles. The van der Waals surface area contributed by atoms with Crippen LogP contribution in [0.5, 0.6) is 5.75 Å². The van der Waals surface area contributed by atoms with Crippen LogP contribution in [0.2, 0.25) is 0 Å². The van der Waals surface area contributed by atoms with E-state index in [2.05, 4.69) is 36.6 Å². The van der Waals surface area contributed by atoms with E-state index in [9.17, 15) is 0 Å². The van der Waals surface area contributed by atoms with Gasteiger partial charge in [-0.1, -0.05) is 25.0 Å². The highest BCUT2D eigenvalue weighted by Crippen LogP contribution is 2.38. The van der Waals surface area contributed by atoms with Crippen LogP contribution in [0.25, 0.3) is 0 Å². The molecule has 0 radical (unpaired) electrons. The summed E-state index contributed by atoms with van der Waals surface area (Å²) in [6.07, 6.45) is 5.15. The van der Waals surface area contributed by atoms with Crippen molar-refractivity contribution in [3.8, 4) is 5.75 Å². The van der Waals surface area contributed by atoms with Gasteiger partial charge in [0.15, 0.2) is 0 Å². The first kappa shape index (κ1) is 11.5. The van der Waals surface area contributed by atoms with E-state index in [1.165, 1.54) is 31.2 Å². The fourth-order valence-corrected chi connectivity index (χ4v) is 2.70. The molecule has 88 valence electrons. The largest absolute Gasteiger partial charge is 0.494 e. The molecule has 0 spiro atoms. The lowest BCUT2D eigenvalue weighted by atomic mass is 9.88. The Kier molecular flexibility index (Phi) is 3.49. The van der Waals surface area contributed by atoms with Crippen LogP contribution in [0.4, 0.5) is 0 Å². The maximum atomic E-state index is 5.47. The number of hydrogen-bond acceptors (Lipinski definition) is 2. The van der Waals surface area contributed by atoms with Crippen molar-refractivity contribution < 1.29 is 4.74 Å². The fourth-order valence-electron chi connectivity index (χ4n) is 2.70. The molecule has 2 rings (SSSR count). The lowest BCUT2D eigenvalue weighted by molar-refractivity contribution is 0.338. The molecule has 1 aliphatic carbocycles. The van der Waals surface area contributed by atoms with Crippen molar-refractivity contribution in [3.63, 3.8) is 0 Å². The van der Waals surface area contributed by atoms with Gasteiger partial charge in [-0.2, -0.15) is 0 Å². The Hall–Kier alpha value is -1.02. The van der Waals surface area contributed by atoms with Gasteiger partial charge in [0.25, 0.3) is 0 Å². The Labute approximate surface area is 98.0 Å². The molecule has 0 aromatic heterocycles. The molecule has 1 saturated carbocycles. The summed E-state index contributed by atoms with van der Waals surface area (Å²) in [6, 6.07) is 8.56. The highest BCUT2D eigenvalue weighted by molar-refractivity contribution is 5.32. The maximum Gasteiger partial charge on any atom is 0.119 e. The molecule has 0 amide bonds. The Morgan fingerprint density at radius 3 is 2.31 bits per heavy atom. The third-order valence-electron chi connectivity index (χ3n) is 3.65. The Bertz CT molecular complexity index is 325. The van der Waals surface area contributed by atoms with Crippen LogP contribution in [0.3, 0.4) is 0 Å². The third-order valence-corrected chi connectivity index (χ3v) is 3.65. The number of rotatable bonds is 4. The third kappa shape index (κ3) is 2.07. The van der Waals surface area contributed by atoms with Crippen molar-refractivity contribution in [2.75, 3.05) is 13.7 Å². The van der Waals surface area contributed by atoms with Crippen molar-refractivity contribution in [2.45, 2.75) is 38.1 Å². The molecule has 0 saturated heterocycles. The van der Waals surface area contributed by atoms with Gasteiger partial charge >= 0.3 is 0 Å². The first-order valence-electron chi connectivity index (χ1n) is 6.23. The SMILES string of the molecule is CCOc1ccc(C2(NC)CCCC2)cc1. The van der Waals surface area contributed by atoms with Crippen molar-refractivity contribution in [1.82, 2.24) is 5.32 Å². The molecule has 0 bridgehead atoms. The fraction of sp³-hybridized carbons (Fsp3) is 0.571. The summed E-state index contributed by atoms with van der Waals surface area (Å²) in [5.74, 6) is 0.968. The van der Waals surface area contributed by atoms with E-state index in [-0.39, 0.29) is 5.54 Å². The number of ether oxygens (including phenoxy) is 1. The minimum atomic E-state index is 0.213. The normalized spacial score (nSPS) is 18.6. The second kappa shape index (κ2) is 4.88. The quantitative estimate of drug-likeness (QED) is 0.840. The molecule has 2 nitrogen and oxygen atoms in total. The predicted octanol–water partition coefficient (Wildman–Crippen LogP) is 3.07. The van der Waals surface area contributed by atoms with Crippen LogP contribution in [0, 0.1) is 0 Å². The predicted molar refractivity (Wildman–Crippen MR) is 66.8 cm³/mol. The number of benzene rings is 1. The summed E-state index contributed by atoms with van der Waals surface area (Å²) < 4.78 is 5.47. The van der Waals surface area contributed by atoms with E-state index in [0.717, 1.165) is 12.4 Å². The van der Waals surface area contributed by atoms with Gasteiger partial charge in [-0.3, -0.25) is 0 Å². The van der Waals surface area contributed by atoms with E-state index in [4.69, 9.17) is 4.74 Å². The zero-order valence-electron chi connectivity index (χ0n) is 10.3. The number of hydrogen-bond donors (Lipinski definition) is 1. The van der Waals surface area contributed by atoms with Gasteiger partial charge in [0, 0.05) is 5.54 Å². The van der Waals surface area contributed by atoms with E-state index in [1.807, 2.05) is 6.92 Å². The van der Waals surface area contributed by atoms with Crippen LogP contribution in [-0.4, -0.2) is 13.7 Å². The minimum absolute atomic E-state index is 0.213. The summed E-state index contributed by atoms with van der Waals surface area (Å²) in [7, 11) is 2.07. The molecule has 0 aliphatic heterocycles. The minimum Gasteiger partial charge on any atom is -0.494 e. The van der Waals surface area contributed by atoms with Crippen molar-refractivity contribution in [3.05, 3.63) is 29.8 Å². The van der Waals surface area contributed by atoms with Crippen LogP contribution in [0.15, 0.2) is 24.3 Å². The van der Waals surface area contributed by atoms with E-state index in [1.54, 1.807) is 0 Å². The summed E-state index contributed by atoms with van der Waals surface area (Å²) in [6.45, 7) is 2.75. The van der Waals surface area contributed by atoms with Crippen molar-refractivity contribution >= 4 is 0 Å². The van der Waals surface area contributed by atoms with Crippen LogP contribution < -0.4 is 10.1 Å². The zero-order chi connectivity index (χ0) is 11.4. The molecule has 1 N–H and O–H groups in total. The average molecular weight is 219 g/mol. The average Bonchev–Trinajstić information content (AvgIpc) is 2.80. The summed E-state index contributed by atoms with van der Waals surface area (Å²) in [5.41, 5.74) is 1.61. The second-order valence-electron chi connectivity index (χ2n) is 4.50. The molecule has 1 aromatic rings. The molecule has 2 heteroatoms. The summed E-state index contributed by atoms with van der Waals surface area (Å²) >= 11 is 0. The summed E-state index contributed by atoms with van der Waals surface area (Å²) in [5, 5.41) is 3.50. The Morgan fingerprint density at radius 2 is 1.81 bits per heavy atom. The van der Waals surface area contributed by atoms with Crippen LogP contribution in [-0.2, 0) is 5.54 Å². The molecule has 16 heavy (non-hydrogen) atoms. The first-order chi connectivity index (χ1) is 7.80. The molecular weight excluding hydrogens is 198 g/mol. The first-order valence-corrected chi connectivity index (χ1v) is 6.23. The van der Waals surface area contributed by atoms with Gasteiger partial charge in [-0.05, 0) is 44.5 Å². The highest BCUT2D eigenvalue weighted by atomic mass is 16.5. The van der Waals surface area contributed by atoms with Gasteiger partial charge in [0.05, 0.1) is 6.61 Å². The molecule has 1 fully saturated rings. The van der Waals surface area contributed by atoms with Crippen molar-refractivity contribution in [2.24, 2.45) is 0 Å². The summed E-state index contributed by atoms with van der Waals surface area (Å²) in [4.78, 5) is 0. The second-order valence-corrected chi connectivity index (χ2v) is 4.50. The maximum absolute atomic E-state index is 5.47. The smallest absolute Gasteiger partial charge is 0.119 e.